The van der Waals surface area contributed by atoms with Gasteiger partial charge in [0.25, 0.3) is 5.69 Å². The molecule has 33 heavy (non-hydrogen) atoms. The molecule has 1 atom stereocenters. The largest absolute Gasteiger partial charge is 0.508 e. The molecule has 0 bridgehead atoms. The number of phenolic OH excluding ortho intramolecular Hbond substituents is 1. The van der Waals surface area contributed by atoms with Crippen LogP contribution in [0.25, 0.3) is 0 Å². The summed E-state index contributed by atoms with van der Waals surface area (Å²) in [5, 5.41) is 30.5. The van der Waals surface area contributed by atoms with E-state index in [2.05, 4.69) is 37.9 Å². The fourth-order valence-electron chi connectivity index (χ4n) is 3.59. The van der Waals surface area contributed by atoms with Gasteiger partial charge in [0.05, 0.1) is 19.8 Å². The lowest BCUT2D eigenvalue weighted by Crippen LogP contribution is -2.21. The van der Waals surface area contributed by atoms with Crippen molar-refractivity contribution in [1.82, 2.24) is 0 Å². The quantitative estimate of drug-likeness (QED) is 0.299. The van der Waals surface area contributed by atoms with E-state index in [1.54, 1.807) is 18.2 Å². The number of nitriles is 1. The van der Waals surface area contributed by atoms with Gasteiger partial charge >= 0.3 is 0 Å². The molecule has 0 amide bonds. The number of hydrogen-bond acceptors (Lipinski definition) is 7. The number of phenols is 1. The number of rotatable bonds is 5. The van der Waals surface area contributed by atoms with Crippen LogP contribution in [0.5, 0.6) is 17.2 Å². The molecule has 0 saturated carbocycles. The maximum absolute atomic E-state index is 11.0. The first-order valence-electron chi connectivity index (χ1n) is 9.54. The molecule has 0 aliphatic carbocycles. The van der Waals surface area contributed by atoms with E-state index in [1.807, 2.05) is 12.1 Å². The Labute approximate surface area is 205 Å². The number of nitrogens with zero attached hydrogens (tertiary/aromatic N) is 2. The molecule has 0 saturated heterocycles. The van der Waals surface area contributed by atoms with Gasteiger partial charge in [0.2, 0.25) is 5.88 Å². The van der Waals surface area contributed by atoms with Gasteiger partial charge in [0, 0.05) is 23.8 Å². The van der Waals surface area contributed by atoms with Crippen molar-refractivity contribution in [2.45, 2.75) is 12.5 Å². The predicted octanol–water partition coefficient (Wildman–Crippen LogP) is 5.62. The first kappa shape index (κ1) is 22.6. The summed E-state index contributed by atoms with van der Waals surface area (Å²) in [6, 6.07) is 16.6. The summed E-state index contributed by atoms with van der Waals surface area (Å²) in [4.78, 5) is 10.5. The monoisotopic (exact) mass is 571 g/mol. The summed E-state index contributed by atoms with van der Waals surface area (Å²) in [5.41, 5.74) is 8.30. The standard InChI is InChI=1S/C23H15Br2N3O5/c24-18-7-13(21-16-5-4-15(29)9-20(16)33-23(27)17(21)10-26)8-19(25)22(18)32-11-12-2-1-3-14(6-12)28(30)31/h1-9,21,29H,11,27H2/t21-/m0/s1. The lowest BCUT2D eigenvalue weighted by molar-refractivity contribution is -0.384. The molecular formula is C23H15Br2N3O5. The van der Waals surface area contributed by atoms with E-state index in [-0.39, 0.29) is 29.5 Å². The van der Waals surface area contributed by atoms with Crippen LogP contribution in [0.3, 0.4) is 0 Å². The number of fused-ring (bicyclic) bond motifs is 1. The molecule has 0 spiro atoms. The molecular weight excluding hydrogens is 558 g/mol. The lowest BCUT2D eigenvalue weighted by atomic mass is 9.83. The van der Waals surface area contributed by atoms with Crippen molar-refractivity contribution in [3.05, 3.63) is 102 Å². The number of halogens is 2. The van der Waals surface area contributed by atoms with E-state index in [1.165, 1.54) is 24.3 Å². The third kappa shape index (κ3) is 4.51. The molecule has 10 heteroatoms. The number of ether oxygens (including phenoxy) is 2. The molecule has 3 N–H and O–H groups in total. The minimum absolute atomic E-state index is 0.0118. The van der Waals surface area contributed by atoms with E-state index in [0.717, 1.165) is 5.56 Å². The molecule has 0 fully saturated rings. The van der Waals surface area contributed by atoms with Gasteiger partial charge in [0.1, 0.15) is 35.5 Å². The third-order valence-corrected chi connectivity index (χ3v) is 6.24. The number of nitro groups is 1. The van der Waals surface area contributed by atoms with E-state index in [0.29, 0.717) is 31.6 Å². The molecule has 1 aliphatic rings. The zero-order chi connectivity index (χ0) is 23.7. The number of allylic oxidation sites excluding steroid dienone is 1. The van der Waals surface area contributed by atoms with Crippen LogP contribution < -0.4 is 15.2 Å². The van der Waals surface area contributed by atoms with Gasteiger partial charge in [-0.1, -0.05) is 18.2 Å². The van der Waals surface area contributed by atoms with Crippen LogP contribution >= 0.6 is 31.9 Å². The number of non-ortho nitro benzene ring substituents is 1. The maximum Gasteiger partial charge on any atom is 0.269 e. The van der Waals surface area contributed by atoms with Gasteiger partial charge in [-0.25, -0.2) is 0 Å². The van der Waals surface area contributed by atoms with Gasteiger partial charge in [-0.3, -0.25) is 10.1 Å². The molecule has 1 aliphatic heterocycles. The van der Waals surface area contributed by atoms with Crippen LogP contribution in [-0.2, 0) is 6.61 Å². The van der Waals surface area contributed by atoms with Crippen molar-refractivity contribution in [3.63, 3.8) is 0 Å². The normalized spacial score (nSPS) is 14.8. The van der Waals surface area contributed by atoms with Crippen LogP contribution in [0.15, 0.2) is 75.0 Å². The molecule has 0 radical (unpaired) electrons. The van der Waals surface area contributed by atoms with Crippen molar-refractivity contribution >= 4 is 37.5 Å². The zero-order valence-electron chi connectivity index (χ0n) is 16.8. The molecule has 0 unspecified atom stereocenters. The van der Waals surface area contributed by atoms with Crippen molar-refractivity contribution < 1.29 is 19.5 Å². The molecule has 166 valence electrons. The van der Waals surface area contributed by atoms with Crippen molar-refractivity contribution in [3.8, 4) is 23.3 Å². The average molecular weight is 573 g/mol. The van der Waals surface area contributed by atoms with E-state index in [9.17, 15) is 20.5 Å². The van der Waals surface area contributed by atoms with Crippen molar-refractivity contribution in [2.24, 2.45) is 5.73 Å². The summed E-state index contributed by atoms with van der Waals surface area (Å²) < 4.78 is 12.7. The molecule has 1 heterocycles. The number of nitrogens with two attached hydrogens (primary N) is 1. The Morgan fingerprint density at radius 3 is 2.58 bits per heavy atom. The second-order valence-electron chi connectivity index (χ2n) is 7.18. The summed E-state index contributed by atoms with van der Waals surface area (Å²) in [5.74, 6) is 0.345. The highest BCUT2D eigenvalue weighted by Crippen LogP contribution is 2.46. The zero-order valence-corrected chi connectivity index (χ0v) is 20.0. The number of hydrogen-bond donors (Lipinski definition) is 2. The molecule has 3 aromatic carbocycles. The second kappa shape index (κ2) is 9.13. The number of benzene rings is 3. The van der Waals surface area contributed by atoms with Crippen molar-refractivity contribution in [1.29, 1.82) is 5.26 Å². The minimum Gasteiger partial charge on any atom is -0.508 e. The third-order valence-electron chi connectivity index (χ3n) is 5.06. The number of nitro benzene ring substituents is 1. The summed E-state index contributed by atoms with van der Waals surface area (Å²) >= 11 is 7.04. The summed E-state index contributed by atoms with van der Waals surface area (Å²) in [6.07, 6.45) is 0. The Bertz CT molecular complexity index is 1330. The highest BCUT2D eigenvalue weighted by atomic mass is 79.9. The van der Waals surface area contributed by atoms with Gasteiger partial charge in [-0.05, 0) is 61.2 Å². The summed E-state index contributed by atoms with van der Waals surface area (Å²) in [6.45, 7) is 0.119. The fourth-order valence-corrected chi connectivity index (χ4v) is 5.04. The first-order chi connectivity index (χ1) is 15.8. The van der Waals surface area contributed by atoms with Crippen LogP contribution in [0.4, 0.5) is 5.69 Å². The Morgan fingerprint density at radius 1 is 1.18 bits per heavy atom. The smallest absolute Gasteiger partial charge is 0.269 e. The Morgan fingerprint density at radius 2 is 1.91 bits per heavy atom. The van der Waals surface area contributed by atoms with Crippen LogP contribution in [0.1, 0.15) is 22.6 Å². The Hall–Kier alpha value is -3.55. The van der Waals surface area contributed by atoms with Crippen LogP contribution in [0, 0.1) is 21.4 Å². The van der Waals surface area contributed by atoms with Crippen molar-refractivity contribution in [2.75, 3.05) is 0 Å². The van der Waals surface area contributed by atoms with Gasteiger partial charge in [0.15, 0.2) is 0 Å². The molecule has 3 aromatic rings. The first-order valence-corrected chi connectivity index (χ1v) is 11.1. The second-order valence-corrected chi connectivity index (χ2v) is 8.88. The van der Waals surface area contributed by atoms with Gasteiger partial charge in [-0.2, -0.15) is 5.26 Å². The number of aromatic hydroxyl groups is 1. The summed E-state index contributed by atoms with van der Waals surface area (Å²) in [7, 11) is 0. The fraction of sp³-hybridized carbons (Fsp3) is 0.0870. The molecule has 4 rings (SSSR count). The highest BCUT2D eigenvalue weighted by Gasteiger charge is 2.31. The molecule has 8 nitrogen and oxygen atoms in total. The Kier molecular flexibility index (Phi) is 6.26. The minimum atomic E-state index is -0.516. The predicted molar refractivity (Wildman–Crippen MR) is 127 cm³/mol. The van der Waals surface area contributed by atoms with Gasteiger partial charge in [-0.15, -0.1) is 0 Å². The van der Waals surface area contributed by atoms with E-state index < -0.39 is 10.8 Å². The topological polar surface area (TPSA) is 132 Å². The SMILES string of the molecule is N#CC1=C(N)Oc2cc(O)ccc2[C@@H]1c1cc(Br)c(OCc2cccc([N+](=O)[O-])c2)c(Br)c1. The average Bonchev–Trinajstić information content (AvgIpc) is 2.77. The van der Waals surface area contributed by atoms with Crippen LogP contribution in [-0.4, -0.2) is 10.0 Å². The van der Waals surface area contributed by atoms with Crippen LogP contribution in [0.2, 0.25) is 0 Å². The Balaban J connectivity index is 1.68. The van der Waals surface area contributed by atoms with E-state index in [4.69, 9.17) is 15.2 Å². The molecule has 0 aromatic heterocycles. The highest BCUT2D eigenvalue weighted by molar-refractivity contribution is 9.11. The maximum atomic E-state index is 11.0. The van der Waals surface area contributed by atoms with E-state index >= 15 is 0 Å². The van der Waals surface area contributed by atoms with Gasteiger partial charge < -0.3 is 20.3 Å². The lowest BCUT2D eigenvalue weighted by Gasteiger charge is -2.27.